The van der Waals surface area contributed by atoms with E-state index in [1.165, 1.54) is 5.56 Å². The van der Waals surface area contributed by atoms with Gasteiger partial charge >= 0.3 is 0 Å². The van der Waals surface area contributed by atoms with Crippen molar-refractivity contribution in [3.63, 3.8) is 0 Å². The fourth-order valence-corrected chi connectivity index (χ4v) is 3.18. The van der Waals surface area contributed by atoms with Gasteiger partial charge in [0.1, 0.15) is 0 Å². The molecule has 21 heavy (non-hydrogen) atoms. The van der Waals surface area contributed by atoms with Crippen molar-refractivity contribution in [1.29, 1.82) is 0 Å². The first-order chi connectivity index (χ1) is 10.2. The fraction of sp³-hybridized carbons (Fsp3) is 0.316. The van der Waals surface area contributed by atoms with Crippen LogP contribution in [0.3, 0.4) is 0 Å². The normalized spacial score (nSPS) is 21.5. The second-order valence-electron chi connectivity index (χ2n) is 5.93. The van der Waals surface area contributed by atoms with Crippen LogP contribution in [-0.2, 0) is 0 Å². The minimum atomic E-state index is 0.159. The smallest absolute Gasteiger partial charge is 0.254 e. The molecule has 1 saturated heterocycles. The molecule has 2 atom stereocenters. The van der Waals surface area contributed by atoms with E-state index in [-0.39, 0.29) is 5.91 Å². The van der Waals surface area contributed by atoms with E-state index in [2.05, 4.69) is 26.0 Å². The number of amides is 1. The van der Waals surface area contributed by atoms with Crippen molar-refractivity contribution in [3.05, 3.63) is 60.2 Å². The Bertz CT molecular complexity index is 608. The molecule has 2 nitrogen and oxygen atoms in total. The van der Waals surface area contributed by atoms with Gasteiger partial charge in [-0.15, -0.1) is 0 Å². The van der Waals surface area contributed by atoms with Gasteiger partial charge in [-0.2, -0.15) is 0 Å². The maximum Gasteiger partial charge on any atom is 0.254 e. The van der Waals surface area contributed by atoms with Crippen LogP contribution in [0.15, 0.2) is 54.6 Å². The van der Waals surface area contributed by atoms with E-state index in [9.17, 15) is 4.79 Å². The molecule has 3 rings (SSSR count). The zero-order valence-corrected chi connectivity index (χ0v) is 12.6. The molecule has 0 aromatic heterocycles. The fourth-order valence-electron chi connectivity index (χ4n) is 3.18. The molecule has 0 N–H and O–H groups in total. The van der Waals surface area contributed by atoms with Crippen LogP contribution >= 0.6 is 0 Å². The van der Waals surface area contributed by atoms with E-state index >= 15 is 0 Å². The van der Waals surface area contributed by atoms with Gasteiger partial charge in [-0.3, -0.25) is 4.79 Å². The number of hydrogen-bond acceptors (Lipinski definition) is 1. The van der Waals surface area contributed by atoms with Crippen LogP contribution in [-0.4, -0.2) is 22.9 Å². The first-order valence-electron chi connectivity index (χ1n) is 7.65. The molecule has 0 bridgehead atoms. The number of carbonyl (C=O) groups excluding carboxylic acids is 1. The average Bonchev–Trinajstić information content (AvgIpc) is 2.87. The van der Waals surface area contributed by atoms with Gasteiger partial charge in [-0.25, -0.2) is 0 Å². The van der Waals surface area contributed by atoms with Crippen molar-refractivity contribution in [1.82, 2.24) is 4.90 Å². The van der Waals surface area contributed by atoms with E-state index < -0.39 is 0 Å². The summed E-state index contributed by atoms with van der Waals surface area (Å²) in [5.41, 5.74) is 3.12. The first kappa shape index (κ1) is 13.9. The Morgan fingerprint density at radius 1 is 0.857 bits per heavy atom. The van der Waals surface area contributed by atoms with Gasteiger partial charge in [0.25, 0.3) is 5.91 Å². The maximum atomic E-state index is 12.6. The third kappa shape index (κ3) is 2.71. The number of carbonyl (C=O) groups is 1. The molecule has 2 aromatic rings. The summed E-state index contributed by atoms with van der Waals surface area (Å²) in [6.45, 7) is 4.28. The second kappa shape index (κ2) is 5.72. The number of hydrogen-bond donors (Lipinski definition) is 0. The van der Waals surface area contributed by atoms with Gasteiger partial charge in [0.05, 0.1) is 0 Å². The number of likely N-dealkylation sites (tertiary alicyclic amines) is 1. The Labute approximate surface area is 126 Å². The SMILES string of the molecule is C[C@@H]1CC[C@H](C)N1C(=O)c1ccc(-c2ccccc2)cc1. The Balaban J connectivity index is 1.83. The number of nitrogens with zero attached hydrogens (tertiary/aromatic N) is 1. The molecule has 0 radical (unpaired) electrons. The first-order valence-corrected chi connectivity index (χ1v) is 7.65. The van der Waals surface area contributed by atoms with Crippen LogP contribution in [0, 0.1) is 0 Å². The predicted octanol–water partition coefficient (Wildman–Crippen LogP) is 4.37. The van der Waals surface area contributed by atoms with Gasteiger partial charge in [0.2, 0.25) is 0 Å². The Hall–Kier alpha value is -2.09. The molecule has 0 unspecified atom stereocenters. The topological polar surface area (TPSA) is 20.3 Å². The average molecular weight is 279 g/mol. The van der Waals surface area contributed by atoms with Gasteiger partial charge in [0, 0.05) is 17.6 Å². The molecule has 1 amide bonds. The van der Waals surface area contributed by atoms with Gasteiger partial charge in [-0.05, 0) is 49.9 Å². The van der Waals surface area contributed by atoms with Crippen molar-refractivity contribution in [2.75, 3.05) is 0 Å². The second-order valence-corrected chi connectivity index (χ2v) is 5.93. The summed E-state index contributed by atoms with van der Waals surface area (Å²) >= 11 is 0. The van der Waals surface area contributed by atoms with Crippen LogP contribution in [0.2, 0.25) is 0 Å². The lowest BCUT2D eigenvalue weighted by molar-refractivity contribution is 0.0693. The molecule has 2 heteroatoms. The lowest BCUT2D eigenvalue weighted by Gasteiger charge is -2.26. The van der Waals surface area contributed by atoms with Crippen molar-refractivity contribution >= 4 is 5.91 Å². The van der Waals surface area contributed by atoms with Gasteiger partial charge < -0.3 is 4.90 Å². The minimum Gasteiger partial charge on any atom is -0.333 e. The van der Waals surface area contributed by atoms with E-state index in [4.69, 9.17) is 0 Å². The van der Waals surface area contributed by atoms with E-state index in [1.54, 1.807) is 0 Å². The third-order valence-corrected chi connectivity index (χ3v) is 4.43. The third-order valence-electron chi connectivity index (χ3n) is 4.43. The Kier molecular flexibility index (Phi) is 3.78. The molecule has 1 aliphatic heterocycles. The highest BCUT2D eigenvalue weighted by atomic mass is 16.2. The molecule has 108 valence electrons. The monoisotopic (exact) mass is 279 g/mol. The minimum absolute atomic E-state index is 0.159. The highest BCUT2D eigenvalue weighted by Crippen LogP contribution is 2.26. The van der Waals surface area contributed by atoms with Crippen molar-refractivity contribution < 1.29 is 4.79 Å². The molecule has 0 aliphatic carbocycles. The summed E-state index contributed by atoms with van der Waals surface area (Å²) in [6, 6.07) is 18.9. The molecule has 2 aromatic carbocycles. The van der Waals surface area contributed by atoms with Crippen molar-refractivity contribution in [3.8, 4) is 11.1 Å². The highest BCUT2D eigenvalue weighted by Gasteiger charge is 2.31. The quantitative estimate of drug-likeness (QED) is 0.799. The summed E-state index contributed by atoms with van der Waals surface area (Å²) in [4.78, 5) is 14.7. The number of benzene rings is 2. The highest BCUT2D eigenvalue weighted by molar-refractivity contribution is 5.95. The van der Waals surface area contributed by atoms with Crippen LogP contribution in [0.5, 0.6) is 0 Å². The van der Waals surface area contributed by atoms with Gasteiger partial charge in [-0.1, -0.05) is 42.5 Å². The van der Waals surface area contributed by atoms with E-state index in [1.807, 2.05) is 47.4 Å². The van der Waals surface area contributed by atoms with E-state index in [0.29, 0.717) is 12.1 Å². The van der Waals surface area contributed by atoms with Crippen LogP contribution in [0.4, 0.5) is 0 Å². The van der Waals surface area contributed by atoms with Crippen molar-refractivity contribution in [2.24, 2.45) is 0 Å². The lowest BCUT2D eigenvalue weighted by atomic mass is 10.0. The molecular formula is C19H21NO. The van der Waals surface area contributed by atoms with E-state index in [0.717, 1.165) is 24.0 Å². The zero-order valence-electron chi connectivity index (χ0n) is 12.6. The van der Waals surface area contributed by atoms with Crippen LogP contribution < -0.4 is 0 Å². The van der Waals surface area contributed by atoms with Gasteiger partial charge in [0.15, 0.2) is 0 Å². The zero-order chi connectivity index (χ0) is 14.8. The molecule has 0 saturated carbocycles. The summed E-state index contributed by atoms with van der Waals surface area (Å²) < 4.78 is 0. The summed E-state index contributed by atoms with van der Waals surface area (Å²) in [6.07, 6.45) is 2.21. The molecule has 1 fully saturated rings. The van der Waals surface area contributed by atoms with Crippen LogP contribution in [0.1, 0.15) is 37.0 Å². The molecule has 1 heterocycles. The molecule has 1 aliphatic rings. The Morgan fingerprint density at radius 3 is 1.95 bits per heavy atom. The van der Waals surface area contributed by atoms with Crippen molar-refractivity contribution in [2.45, 2.75) is 38.8 Å². The summed E-state index contributed by atoms with van der Waals surface area (Å²) in [5.74, 6) is 0.159. The summed E-state index contributed by atoms with van der Waals surface area (Å²) in [7, 11) is 0. The molecule has 0 spiro atoms. The molecular weight excluding hydrogens is 258 g/mol. The summed E-state index contributed by atoms with van der Waals surface area (Å²) in [5, 5.41) is 0. The number of rotatable bonds is 2. The standard InChI is InChI=1S/C19H21NO/c1-14-8-9-15(2)20(14)19(21)18-12-10-17(11-13-18)16-6-4-3-5-7-16/h3-7,10-15H,8-9H2,1-2H3/t14-,15+. The predicted molar refractivity (Wildman–Crippen MR) is 86.2 cm³/mol. The lowest BCUT2D eigenvalue weighted by Crippen LogP contribution is -2.38. The Morgan fingerprint density at radius 2 is 1.38 bits per heavy atom. The van der Waals surface area contributed by atoms with Crippen LogP contribution in [0.25, 0.3) is 11.1 Å². The maximum absolute atomic E-state index is 12.6. The largest absolute Gasteiger partial charge is 0.333 e.